The van der Waals surface area contributed by atoms with E-state index >= 15 is 0 Å². The van der Waals surface area contributed by atoms with Crippen molar-refractivity contribution in [2.45, 2.75) is 39.7 Å². The molecule has 0 heterocycles. The van der Waals surface area contributed by atoms with Crippen LogP contribution in [0.2, 0.25) is 0 Å². The molecule has 0 aliphatic heterocycles. The van der Waals surface area contributed by atoms with E-state index in [1.54, 1.807) is 0 Å². The largest absolute Gasteiger partial charge is 0.386 e. The van der Waals surface area contributed by atoms with E-state index in [1.807, 2.05) is 13.8 Å². The van der Waals surface area contributed by atoms with Crippen molar-refractivity contribution in [1.82, 2.24) is 0 Å². The van der Waals surface area contributed by atoms with Crippen LogP contribution < -0.4 is 0 Å². The number of aliphatic hydroxyl groups is 1. The maximum absolute atomic E-state index is 11.0. The Bertz CT molecular complexity index is 171. The van der Waals surface area contributed by atoms with Gasteiger partial charge >= 0.3 is 0 Å². The second kappa shape index (κ2) is 5.04. The average molecular weight is 172 g/mol. The third kappa shape index (κ3) is 5.02. The fourth-order valence-corrected chi connectivity index (χ4v) is 0.870. The Morgan fingerprint density at radius 1 is 1.25 bits per heavy atom. The van der Waals surface area contributed by atoms with Gasteiger partial charge in [-0.1, -0.05) is 13.8 Å². The molecule has 70 valence electrons. The summed E-state index contributed by atoms with van der Waals surface area (Å²) in [6.07, 6.45) is -0.727. The second-order valence-electron chi connectivity index (χ2n) is 3.46. The first-order valence-electron chi connectivity index (χ1n) is 4.16. The number of ketones is 2. The smallest absolute Gasteiger partial charge is 0.168 e. The molecule has 0 bridgehead atoms. The summed E-state index contributed by atoms with van der Waals surface area (Å²) in [5.41, 5.74) is 0. The van der Waals surface area contributed by atoms with Gasteiger partial charge in [0.1, 0.15) is 11.9 Å². The number of carbonyl (C=O) groups excluding carboxylic acids is 2. The lowest BCUT2D eigenvalue weighted by Crippen LogP contribution is -2.20. The molecule has 1 unspecified atom stereocenters. The van der Waals surface area contributed by atoms with Crippen LogP contribution in [-0.4, -0.2) is 22.8 Å². The minimum atomic E-state index is -1.01. The Morgan fingerprint density at radius 2 is 1.75 bits per heavy atom. The maximum atomic E-state index is 11.0. The third-order valence-corrected chi connectivity index (χ3v) is 1.47. The molecule has 0 aliphatic rings. The van der Waals surface area contributed by atoms with E-state index in [2.05, 4.69) is 0 Å². The zero-order chi connectivity index (χ0) is 9.72. The molecular weight excluding hydrogens is 156 g/mol. The van der Waals surface area contributed by atoms with E-state index in [0.29, 0.717) is 6.42 Å². The molecule has 0 aliphatic carbocycles. The molecule has 0 spiro atoms. The fourth-order valence-electron chi connectivity index (χ4n) is 0.870. The maximum Gasteiger partial charge on any atom is 0.168 e. The Hall–Kier alpha value is -0.700. The standard InChI is InChI=1S/C9H16O3/c1-6(2)4-8(11)5-9(12)7(3)10/h6-7,10H,4-5H2,1-3H3. The topological polar surface area (TPSA) is 54.4 Å². The van der Waals surface area contributed by atoms with Gasteiger partial charge in [-0.15, -0.1) is 0 Å². The summed E-state index contributed by atoms with van der Waals surface area (Å²) >= 11 is 0. The molecule has 1 N–H and O–H groups in total. The first-order chi connectivity index (χ1) is 5.43. The van der Waals surface area contributed by atoms with Gasteiger partial charge in [0, 0.05) is 6.42 Å². The van der Waals surface area contributed by atoms with Gasteiger partial charge in [0.05, 0.1) is 6.42 Å². The quantitative estimate of drug-likeness (QED) is 0.628. The zero-order valence-corrected chi connectivity index (χ0v) is 7.83. The molecule has 1 atom stereocenters. The zero-order valence-electron chi connectivity index (χ0n) is 7.83. The predicted molar refractivity (Wildman–Crippen MR) is 45.8 cm³/mol. The Kier molecular flexibility index (Phi) is 4.74. The van der Waals surface area contributed by atoms with Gasteiger partial charge in [-0.25, -0.2) is 0 Å². The molecule has 0 saturated heterocycles. The van der Waals surface area contributed by atoms with Crippen molar-refractivity contribution in [1.29, 1.82) is 0 Å². The first kappa shape index (κ1) is 11.3. The van der Waals surface area contributed by atoms with E-state index in [4.69, 9.17) is 5.11 Å². The van der Waals surface area contributed by atoms with Crippen molar-refractivity contribution < 1.29 is 14.7 Å². The Balaban J connectivity index is 3.77. The molecule has 0 fully saturated rings. The van der Waals surface area contributed by atoms with E-state index in [1.165, 1.54) is 6.92 Å². The number of Topliss-reactive ketones (excluding diaryl/α,β-unsaturated/α-hetero) is 2. The van der Waals surface area contributed by atoms with Gasteiger partial charge in [-0.05, 0) is 12.8 Å². The van der Waals surface area contributed by atoms with Crippen LogP contribution >= 0.6 is 0 Å². The van der Waals surface area contributed by atoms with Gasteiger partial charge in [0.15, 0.2) is 5.78 Å². The molecule has 12 heavy (non-hydrogen) atoms. The van der Waals surface area contributed by atoms with Crippen molar-refractivity contribution in [3.8, 4) is 0 Å². The third-order valence-electron chi connectivity index (χ3n) is 1.47. The van der Waals surface area contributed by atoms with Crippen molar-refractivity contribution in [2.24, 2.45) is 5.92 Å². The first-order valence-corrected chi connectivity index (χ1v) is 4.16. The van der Waals surface area contributed by atoms with Gasteiger partial charge in [0.2, 0.25) is 0 Å². The predicted octanol–water partition coefficient (Wildman–Crippen LogP) is 0.942. The minimum absolute atomic E-state index is 0.0871. The highest BCUT2D eigenvalue weighted by Crippen LogP contribution is 2.03. The number of carbonyl (C=O) groups is 2. The van der Waals surface area contributed by atoms with Crippen LogP contribution in [-0.2, 0) is 9.59 Å². The summed E-state index contributed by atoms with van der Waals surface area (Å²) in [7, 11) is 0. The van der Waals surface area contributed by atoms with Crippen LogP contribution in [0.4, 0.5) is 0 Å². The number of aliphatic hydroxyl groups excluding tert-OH is 1. The van der Waals surface area contributed by atoms with E-state index in [-0.39, 0.29) is 23.9 Å². The Labute approximate surface area is 72.8 Å². The lowest BCUT2D eigenvalue weighted by Gasteiger charge is -2.04. The summed E-state index contributed by atoms with van der Waals surface area (Å²) in [5.74, 6) is -0.198. The molecule has 3 heteroatoms. The molecule has 0 radical (unpaired) electrons. The van der Waals surface area contributed by atoms with Gasteiger partial charge in [-0.3, -0.25) is 9.59 Å². The van der Waals surface area contributed by atoms with Crippen LogP contribution in [0.3, 0.4) is 0 Å². The highest BCUT2D eigenvalue weighted by atomic mass is 16.3. The molecule has 0 aromatic carbocycles. The van der Waals surface area contributed by atoms with Gasteiger partial charge in [-0.2, -0.15) is 0 Å². The van der Waals surface area contributed by atoms with Gasteiger partial charge in [0.25, 0.3) is 0 Å². The molecular formula is C9H16O3. The van der Waals surface area contributed by atoms with Crippen molar-refractivity contribution >= 4 is 11.6 Å². The van der Waals surface area contributed by atoms with Crippen LogP contribution in [0.25, 0.3) is 0 Å². The highest BCUT2D eigenvalue weighted by Gasteiger charge is 2.14. The van der Waals surface area contributed by atoms with Crippen molar-refractivity contribution in [3.05, 3.63) is 0 Å². The molecule has 3 nitrogen and oxygen atoms in total. The van der Waals surface area contributed by atoms with Crippen molar-refractivity contribution in [2.75, 3.05) is 0 Å². The summed E-state index contributed by atoms with van der Waals surface area (Å²) < 4.78 is 0. The van der Waals surface area contributed by atoms with Gasteiger partial charge < -0.3 is 5.11 Å². The summed E-state index contributed by atoms with van der Waals surface area (Å²) in [6.45, 7) is 5.22. The van der Waals surface area contributed by atoms with E-state index in [0.717, 1.165) is 0 Å². The number of rotatable bonds is 5. The van der Waals surface area contributed by atoms with Crippen LogP contribution in [0.15, 0.2) is 0 Å². The molecule has 0 amide bonds. The molecule has 0 rings (SSSR count). The Morgan fingerprint density at radius 3 is 2.08 bits per heavy atom. The molecule has 0 aromatic rings. The van der Waals surface area contributed by atoms with Crippen LogP contribution in [0.5, 0.6) is 0 Å². The lowest BCUT2D eigenvalue weighted by atomic mass is 10.0. The highest BCUT2D eigenvalue weighted by molar-refractivity contribution is 6.00. The van der Waals surface area contributed by atoms with Crippen molar-refractivity contribution in [3.63, 3.8) is 0 Å². The second-order valence-corrected chi connectivity index (χ2v) is 3.46. The van der Waals surface area contributed by atoms with Crippen LogP contribution in [0, 0.1) is 5.92 Å². The van der Waals surface area contributed by atoms with E-state index in [9.17, 15) is 9.59 Å². The summed E-state index contributed by atoms with van der Waals surface area (Å²) in [5, 5.41) is 8.80. The summed E-state index contributed by atoms with van der Waals surface area (Å²) in [6, 6.07) is 0. The summed E-state index contributed by atoms with van der Waals surface area (Å²) in [4.78, 5) is 21.9. The minimum Gasteiger partial charge on any atom is -0.386 e. The normalized spacial score (nSPS) is 13.1. The SMILES string of the molecule is CC(C)CC(=O)CC(=O)C(C)O. The monoisotopic (exact) mass is 172 g/mol. The number of hydrogen-bond donors (Lipinski definition) is 1. The molecule has 0 aromatic heterocycles. The van der Waals surface area contributed by atoms with E-state index < -0.39 is 6.10 Å². The fraction of sp³-hybridized carbons (Fsp3) is 0.778. The molecule has 0 saturated carbocycles. The average Bonchev–Trinajstić information content (AvgIpc) is 1.84. The number of hydrogen-bond acceptors (Lipinski definition) is 3. The lowest BCUT2D eigenvalue weighted by molar-refractivity contribution is -0.131. The van der Waals surface area contributed by atoms with Crippen LogP contribution in [0.1, 0.15) is 33.6 Å².